The minimum absolute atomic E-state index is 0.208. The van der Waals surface area contributed by atoms with Crippen molar-refractivity contribution in [2.75, 3.05) is 11.9 Å². The molecule has 0 saturated carbocycles. The van der Waals surface area contributed by atoms with Crippen molar-refractivity contribution in [3.05, 3.63) is 24.4 Å². The third-order valence-corrected chi connectivity index (χ3v) is 3.13. The molecule has 2 aromatic rings. The summed E-state index contributed by atoms with van der Waals surface area (Å²) in [7, 11) is 0. The Kier molecular flexibility index (Phi) is 4.43. The summed E-state index contributed by atoms with van der Waals surface area (Å²) in [4.78, 5) is 11.8. The van der Waals surface area contributed by atoms with E-state index in [1.165, 1.54) is 0 Å². The van der Waals surface area contributed by atoms with Crippen LogP contribution in [0.4, 0.5) is 10.5 Å². The molecule has 0 fully saturated rings. The largest absolute Gasteiger partial charge is 0.337 e. The van der Waals surface area contributed by atoms with Crippen molar-refractivity contribution in [2.24, 2.45) is 5.92 Å². The lowest BCUT2D eigenvalue weighted by Crippen LogP contribution is -2.32. The van der Waals surface area contributed by atoms with Crippen LogP contribution in [0.1, 0.15) is 26.8 Å². The van der Waals surface area contributed by atoms with Crippen LogP contribution in [0.15, 0.2) is 24.4 Å². The Bertz CT molecular complexity index is 683. The minimum atomic E-state index is -0.313. The van der Waals surface area contributed by atoms with Crippen molar-refractivity contribution in [1.29, 1.82) is 5.26 Å². The van der Waals surface area contributed by atoms with Crippen LogP contribution in [0.25, 0.3) is 10.9 Å². The standard InChI is InChI=1S/C15H19N5O/c1-10(2)20-14-6-13(5-4-12(14)9-18-20)19-15(21)17-8-11(3)7-16/h4-6,9-11H,8H2,1-3H3,(H2,17,19,21)/t11-/m0/s1. The number of nitriles is 1. The molecule has 1 heterocycles. The predicted octanol–water partition coefficient (Wildman–Crippen LogP) is 2.90. The summed E-state index contributed by atoms with van der Waals surface area (Å²) >= 11 is 0. The summed E-state index contributed by atoms with van der Waals surface area (Å²) in [6, 6.07) is 7.67. The maximum Gasteiger partial charge on any atom is 0.319 e. The quantitative estimate of drug-likeness (QED) is 0.906. The first-order valence-corrected chi connectivity index (χ1v) is 6.93. The molecular formula is C15H19N5O. The van der Waals surface area contributed by atoms with Crippen LogP contribution in [0.5, 0.6) is 0 Å². The van der Waals surface area contributed by atoms with Gasteiger partial charge in [0.15, 0.2) is 0 Å². The Morgan fingerprint density at radius 2 is 2.19 bits per heavy atom. The molecule has 0 radical (unpaired) electrons. The van der Waals surface area contributed by atoms with Crippen molar-refractivity contribution in [1.82, 2.24) is 15.1 Å². The van der Waals surface area contributed by atoms with E-state index in [0.29, 0.717) is 12.2 Å². The van der Waals surface area contributed by atoms with E-state index >= 15 is 0 Å². The number of carbonyl (C=O) groups is 1. The summed E-state index contributed by atoms with van der Waals surface area (Å²) < 4.78 is 1.91. The van der Waals surface area contributed by atoms with E-state index in [1.54, 1.807) is 6.92 Å². The number of carbonyl (C=O) groups excluding carboxylic acids is 1. The van der Waals surface area contributed by atoms with Gasteiger partial charge in [0.1, 0.15) is 0 Å². The molecule has 1 aromatic carbocycles. The molecule has 6 nitrogen and oxygen atoms in total. The second-order valence-electron chi connectivity index (χ2n) is 5.32. The van der Waals surface area contributed by atoms with Crippen molar-refractivity contribution < 1.29 is 4.79 Å². The molecule has 2 N–H and O–H groups in total. The monoisotopic (exact) mass is 285 g/mol. The molecule has 0 aliphatic rings. The molecule has 1 atom stereocenters. The molecule has 0 bridgehead atoms. The average Bonchev–Trinajstić information content (AvgIpc) is 2.88. The molecule has 2 rings (SSSR count). The normalized spacial score (nSPS) is 12.1. The lowest BCUT2D eigenvalue weighted by molar-refractivity contribution is 0.251. The van der Waals surface area contributed by atoms with Gasteiger partial charge in [0.2, 0.25) is 0 Å². The molecule has 1 aromatic heterocycles. The van der Waals surface area contributed by atoms with E-state index in [-0.39, 0.29) is 18.0 Å². The maximum atomic E-state index is 11.8. The maximum absolute atomic E-state index is 11.8. The van der Waals surface area contributed by atoms with Crippen LogP contribution in [-0.4, -0.2) is 22.4 Å². The fraction of sp³-hybridized carbons (Fsp3) is 0.400. The van der Waals surface area contributed by atoms with Gasteiger partial charge in [-0.1, -0.05) is 0 Å². The van der Waals surface area contributed by atoms with Gasteiger partial charge in [-0.15, -0.1) is 0 Å². The first kappa shape index (κ1) is 14.9. The zero-order valence-corrected chi connectivity index (χ0v) is 12.4. The van der Waals surface area contributed by atoms with E-state index in [4.69, 9.17) is 5.26 Å². The molecule has 0 spiro atoms. The first-order chi connectivity index (χ1) is 10.0. The molecule has 0 aliphatic carbocycles. The number of aromatic nitrogens is 2. The van der Waals surface area contributed by atoms with Gasteiger partial charge in [0.05, 0.1) is 23.7 Å². The van der Waals surface area contributed by atoms with Crippen molar-refractivity contribution >= 4 is 22.6 Å². The van der Waals surface area contributed by atoms with Crippen LogP contribution >= 0.6 is 0 Å². The Balaban J connectivity index is 2.10. The third kappa shape index (κ3) is 3.51. The number of nitrogens with one attached hydrogen (secondary N) is 2. The Morgan fingerprint density at radius 1 is 1.43 bits per heavy atom. The summed E-state index contributed by atoms with van der Waals surface area (Å²) in [5.74, 6) is -0.208. The highest BCUT2D eigenvalue weighted by Crippen LogP contribution is 2.21. The molecule has 0 saturated heterocycles. The number of urea groups is 1. The number of rotatable bonds is 4. The summed E-state index contributed by atoms with van der Waals surface area (Å²) in [5, 5.41) is 19.5. The molecule has 6 heteroatoms. The second kappa shape index (κ2) is 6.27. The van der Waals surface area contributed by atoms with E-state index in [9.17, 15) is 4.79 Å². The highest BCUT2D eigenvalue weighted by atomic mass is 16.2. The number of benzene rings is 1. The predicted molar refractivity (Wildman–Crippen MR) is 81.9 cm³/mol. The zero-order chi connectivity index (χ0) is 15.4. The van der Waals surface area contributed by atoms with Crippen LogP contribution in [0.3, 0.4) is 0 Å². The molecule has 0 aliphatic heterocycles. The average molecular weight is 285 g/mol. The number of hydrogen-bond donors (Lipinski definition) is 2. The van der Waals surface area contributed by atoms with Gasteiger partial charge in [-0.2, -0.15) is 10.4 Å². The Morgan fingerprint density at radius 3 is 2.86 bits per heavy atom. The fourth-order valence-corrected chi connectivity index (χ4v) is 1.99. The van der Waals surface area contributed by atoms with Crippen LogP contribution in [0, 0.1) is 17.2 Å². The molecule has 110 valence electrons. The van der Waals surface area contributed by atoms with Gasteiger partial charge in [-0.3, -0.25) is 4.68 Å². The lowest BCUT2D eigenvalue weighted by atomic mass is 10.2. The Hall–Kier alpha value is -2.55. The molecule has 21 heavy (non-hydrogen) atoms. The van der Waals surface area contributed by atoms with Crippen LogP contribution in [-0.2, 0) is 0 Å². The number of nitrogens with zero attached hydrogens (tertiary/aromatic N) is 3. The highest BCUT2D eigenvalue weighted by Gasteiger charge is 2.09. The van der Waals surface area contributed by atoms with Gasteiger partial charge in [-0.25, -0.2) is 4.79 Å². The van der Waals surface area contributed by atoms with Gasteiger partial charge in [-0.05, 0) is 39.0 Å². The first-order valence-electron chi connectivity index (χ1n) is 6.93. The smallest absolute Gasteiger partial charge is 0.319 e. The van der Waals surface area contributed by atoms with E-state index < -0.39 is 0 Å². The van der Waals surface area contributed by atoms with Gasteiger partial charge in [0.25, 0.3) is 0 Å². The van der Waals surface area contributed by atoms with Crippen molar-refractivity contribution in [2.45, 2.75) is 26.8 Å². The van der Waals surface area contributed by atoms with Crippen LogP contribution in [0.2, 0.25) is 0 Å². The lowest BCUT2D eigenvalue weighted by Gasteiger charge is -2.10. The number of anilines is 1. The van der Waals surface area contributed by atoms with Crippen molar-refractivity contribution in [3.63, 3.8) is 0 Å². The molecule has 2 amide bonds. The highest BCUT2D eigenvalue weighted by molar-refractivity contribution is 5.92. The zero-order valence-electron chi connectivity index (χ0n) is 12.4. The molecular weight excluding hydrogens is 266 g/mol. The summed E-state index contributed by atoms with van der Waals surface area (Å²) in [5.41, 5.74) is 1.68. The minimum Gasteiger partial charge on any atom is -0.337 e. The van der Waals surface area contributed by atoms with Gasteiger partial charge >= 0.3 is 6.03 Å². The van der Waals surface area contributed by atoms with Crippen LogP contribution < -0.4 is 10.6 Å². The summed E-state index contributed by atoms with van der Waals surface area (Å²) in [6.45, 7) is 6.20. The van der Waals surface area contributed by atoms with E-state index in [0.717, 1.165) is 10.9 Å². The summed E-state index contributed by atoms with van der Waals surface area (Å²) in [6.07, 6.45) is 1.81. The number of fused-ring (bicyclic) bond motifs is 1. The Labute approximate surface area is 123 Å². The third-order valence-electron chi connectivity index (χ3n) is 3.13. The van der Waals surface area contributed by atoms with E-state index in [1.807, 2.05) is 29.1 Å². The fourth-order valence-electron chi connectivity index (χ4n) is 1.99. The molecule has 0 unspecified atom stereocenters. The number of hydrogen-bond acceptors (Lipinski definition) is 3. The van der Waals surface area contributed by atoms with Gasteiger partial charge < -0.3 is 10.6 Å². The van der Waals surface area contributed by atoms with E-state index in [2.05, 4.69) is 35.6 Å². The topological polar surface area (TPSA) is 82.7 Å². The van der Waals surface area contributed by atoms with Crippen molar-refractivity contribution in [3.8, 4) is 6.07 Å². The SMILES string of the molecule is CC(C)n1ncc2ccc(NC(=O)NC[C@@H](C)C#N)cc21. The second-order valence-corrected chi connectivity index (χ2v) is 5.32. The van der Waals surface area contributed by atoms with Gasteiger partial charge in [0, 0.05) is 23.7 Å². The number of amides is 2.